The second-order valence-corrected chi connectivity index (χ2v) is 5.15. The van der Waals surface area contributed by atoms with Crippen molar-refractivity contribution in [3.63, 3.8) is 0 Å². The van der Waals surface area contributed by atoms with E-state index >= 15 is 0 Å². The van der Waals surface area contributed by atoms with Crippen molar-refractivity contribution in [1.29, 1.82) is 0 Å². The number of carbonyl (C=O) groups excluding carboxylic acids is 2. The largest absolute Gasteiger partial charge is 0.399 e. The number of hydrogen-bond donors (Lipinski definition) is 1. The van der Waals surface area contributed by atoms with Gasteiger partial charge in [-0.2, -0.15) is 0 Å². The van der Waals surface area contributed by atoms with Crippen LogP contribution in [0.4, 0.5) is 5.69 Å². The molecule has 2 N–H and O–H groups in total. The lowest BCUT2D eigenvalue weighted by molar-refractivity contribution is 0.0652. The van der Waals surface area contributed by atoms with Gasteiger partial charge in [-0.3, -0.25) is 14.5 Å². The standard InChI is InChI=1S/C17H16N2O2/c18-13-9-7-12(8-10-13)4-3-11-19-16(20)14-5-1-2-6-15(14)17(19)21/h1-2,5-10H,3-4,11,18H2. The van der Waals surface area contributed by atoms with Gasteiger partial charge in [0.25, 0.3) is 11.8 Å². The molecule has 0 aliphatic carbocycles. The van der Waals surface area contributed by atoms with Gasteiger partial charge in [-0.05, 0) is 42.7 Å². The fourth-order valence-corrected chi connectivity index (χ4v) is 2.57. The minimum absolute atomic E-state index is 0.187. The number of hydrogen-bond acceptors (Lipinski definition) is 3. The molecule has 1 aliphatic rings. The van der Waals surface area contributed by atoms with E-state index in [4.69, 9.17) is 5.73 Å². The summed E-state index contributed by atoms with van der Waals surface area (Å²) in [6.45, 7) is 0.441. The van der Waals surface area contributed by atoms with Crippen molar-refractivity contribution in [2.75, 3.05) is 12.3 Å². The molecule has 21 heavy (non-hydrogen) atoms. The van der Waals surface area contributed by atoms with Crippen LogP contribution in [0.3, 0.4) is 0 Å². The summed E-state index contributed by atoms with van der Waals surface area (Å²) < 4.78 is 0. The van der Waals surface area contributed by atoms with Crippen LogP contribution in [0.5, 0.6) is 0 Å². The van der Waals surface area contributed by atoms with E-state index in [2.05, 4.69) is 0 Å². The molecule has 0 radical (unpaired) electrons. The third kappa shape index (κ3) is 2.52. The zero-order valence-corrected chi connectivity index (χ0v) is 11.6. The number of nitrogens with zero attached hydrogens (tertiary/aromatic N) is 1. The van der Waals surface area contributed by atoms with Crippen LogP contribution in [-0.2, 0) is 6.42 Å². The predicted molar refractivity (Wildman–Crippen MR) is 81.0 cm³/mol. The van der Waals surface area contributed by atoms with Crippen LogP contribution in [0.1, 0.15) is 32.7 Å². The molecule has 2 amide bonds. The molecule has 1 aliphatic heterocycles. The number of amides is 2. The summed E-state index contributed by atoms with van der Waals surface area (Å²) >= 11 is 0. The van der Waals surface area contributed by atoms with E-state index in [1.807, 2.05) is 24.3 Å². The minimum atomic E-state index is -0.187. The van der Waals surface area contributed by atoms with Crippen LogP contribution in [0.2, 0.25) is 0 Å². The number of anilines is 1. The summed E-state index contributed by atoms with van der Waals surface area (Å²) in [5, 5.41) is 0. The second-order valence-electron chi connectivity index (χ2n) is 5.15. The maximum atomic E-state index is 12.2. The maximum Gasteiger partial charge on any atom is 0.261 e. The SMILES string of the molecule is Nc1ccc(CCCN2C(=O)c3ccccc3C2=O)cc1. The predicted octanol–water partition coefficient (Wildman–Crippen LogP) is 2.50. The molecule has 0 bridgehead atoms. The third-order valence-corrected chi connectivity index (χ3v) is 3.71. The van der Waals surface area contributed by atoms with Crippen LogP contribution in [0.25, 0.3) is 0 Å². The Morgan fingerprint density at radius 3 is 2.00 bits per heavy atom. The molecule has 0 aromatic heterocycles. The molecule has 3 rings (SSSR count). The first-order valence-electron chi connectivity index (χ1n) is 6.96. The Morgan fingerprint density at radius 1 is 0.857 bits per heavy atom. The van der Waals surface area contributed by atoms with Gasteiger partial charge >= 0.3 is 0 Å². The number of aryl methyl sites for hydroxylation is 1. The third-order valence-electron chi connectivity index (χ3n) is 3.71. The molecule has 0 fully saturated rings. The van der Waals surface area contributed by atoms with Crippen molar-refractivity contribution in [1.82, 2.24) is 4.90 Å². The van der Waals surface area contributed by atoms with Crippen molar-refractivity contribution >= 4 is 17.5 Å². The van der Waals surface area contributed by atoms with Gasteiger partial charge in [-0.15, -0.1) is 0 Å². The van der Waals surface area contributed by atoms with Crippen molar-refractivity contribution in [2.45, 2.75) is 12.8 Å². The highest BCUT2D eigenvalue weighted by Crippen LogP contribution is 2.22. The molecule has 0 spiro atoms. The highest BCUT2D eigenvalue weighted by molar-refractivity contribution is 6.21. The van der Waals surface area contributed by atoms with E-state index in [0.717, 1.165) is 24.1 Å². The molecule has 4 nitrogen and oxygen atoms in total. The fourth-order valence-electron chi connectivity index (χ4n) is 2.57. The lowest BCUT2D eigenvalue weighted by Gasteiger charge is -2.13. The first kappa shape index (κ1) is 13.4. The van der Waals surface area contributed by atoms with E-state index in [1.165, 1.54) is 4.90 Å². The molecule has 2 aromatic carbocycles. The Bertz CT molecular complexity index is 657. The molecule has 1 heterocycles. The Labute approximate surface area is 123 Å². The summed E-state index contributed by atoms with van der Waals surface area (Å²) in [5.74, 6) is -0.374. The number of benzene rings is 2. The van der Waals surface area contributed by atoms with E-state index in [0.29, 0.717) is 17.7 Å². The van der Waals surface area contributed by atoms with E-state index in [9.17, 15) is 9.59 Å². The van der Waals surface area contributed by atoms with E-state index < -0.39 is 0 Å². The van der Waals surface area contributed by atoms with Crippen LogP contribution in [0.15, 0.2) is 48.5 Å². The lowest BCUT2D eigenvalue weighted by atomic mass is 10.1. The van der Waals surface area contributed by atoms with Crippen molar-refractivity contribution in [2.24, 2.45) is 0 Å². The van der Waals surface area contributed by atoms with Gasteiger partial charge in [-0.1, -0.05) is 24.3 Å². The van der Waals surface area contributed by atoms with E-state index in [-0.39, 0.29) is 11.8 Å². The molecule has 2 aromatic rings. The Hall–Kier alpha value is -2.62. The zero-order valence-electron chi connectivity index (χ0n) is 11.6. The first-order chi connectivity index (χ1) is 10.2. The molecular formula is C17H16N2O2. The number of nitrogen functional groups attached to an aromatic ring is 1. The zero-order chi connectivity index (χ0) is 14.8. The van der Waals surface area contributed by atoms with Gasteiger partial charge in [0.2, 0.25) is 0 Å². The summed E-state index contributed by atoms with van der Waals surface area (Å²) in [7, 11) is 0. The minimum Gasteiger partial charge on any atom is -0.399 e. The topological polar surface area (TPSA) is 63.4 Å². The first-order valence-corrected chi connectivity index (χ1v) is 6.96. The van der Waals surface area contributed by atoms with Crippen molar-refractivity contribution in [3.8, 4) is 0 Å². The molecule has 106 valence electrons. The van der Waals surface area contributed by atoms with Crippen molar-refractivity contribution < 1.29 is 9.59 Å². The van der Waals surface area contributed by atoms with Crippen molar-refractivity contribution in [3.05, 3.63) is 65.2 Å². The normalized spacial score (nSPS) is 13.6. The fraction of sp³-hybridized carbons (Fsp3) is 0.176. The van der Waals surface area contributed by atoms with E-state index in [1.54, 1.807) is 24.3 Å². The molecule has 0 atom stereocenters. The van der Waals surface area contributed by atoms with Crippen LogP contribution in [-0.4, -0.2) is 23.3 Å². The van der Waals surface area contributed by atoms with Gasteiger partial charge < -0.3 is 5.73 Å². The average Bonchev–Trinajstić information content (AvgIpc) is 2.75. The Morgan fingerprint density at radius 2 is 1.43 bits per heavy atom. The quantitative estimate of drug-likeness (QED) is 0.691. The van der Waals surface area contributed by atoms with Gasteiger partial charge in [-0.25, -0.2) is 0 Å². The van der Waals surface area contributed by atoms with Crippen LogP contribution >= 0.6 is 0 Å². The van der Waals surface area contributed by atoms with Gasteiger partial charge in [0.05, 0.1) is 11.1 Å². The number of carbonyl (C=O) groups is 2. The highest BCUT2D eigenvalue weighted by Gasteiger charge is 2.34. The monoisotopic (exact) mass is 280 g/mol. The van der Waals surface area contributed by atoms with Crippen LogP contribution < -0.4 is 5.73 Å². The summed E-state index contributed by atoms with van der Waals surface area (Å²) in [6, 6.07) is 14.6. The molecule has 0 saturated heterocycles. The van der Waals surface area contributed by atoms with Crippen LogP contribution in [0, 0.1) is 0 Å². The molecule has 0 unspecified atom stereocenters. The molecule has 0 saturated carbocycles. The Balaban J connectivity index is 1.63. The maximum absolute atomic E-state index is 12.2. The number of imide groups is 1. The lowest BCUT2D eigenvalue weighted by Crippen LogP contribution is -2.30. The molecular weight excluding hydrogens is 264 g/mol. The smallest absolute Gasteiger partial charge is 0.261 e. The highest BCUT2D eigenvalue weighted by atomic mass is 16.2. The van der Waals surface area contributed by atoms with Gasteiger partial charge in [0.15, 0.2) is 0 Å². The Kier molecular flexibility index (Phi) is 3.44. The van der Waals surface area contributed by atoms with Gasteiger partial charge in [0, 0.05) is 12.2 Å². The number of rotatable bonds is 4. The summed E-state index contributed by atoms with van der Waals surface area (Å²) in [4.78, 5) is 25.7. The van der Waals surface area contributed by atoms with Gasteiger partial charge in [0.1, 0.15) is 0 Å². The molecule has 4 heteroatoms. The summed E-state index contributed by atoms with van der Waals surface area (Å²) in [5.41, 5.74) is 8.55. The second kappa shape index (κ2) is 5.40. The average molecular weight is 280 g/mol. The summed E-state index contributed by atoms with van der Waals surface area (Å²) in [6.07, 6.45) is 1.56. The number of fused-ring (bicyclic) bond motifs is 1. The number of nitrogens with two attached hydrogens (primary N) is 1.